The number of unbranched alkanes of at least 4 members (excludes halogenated alkanes) is 2. The van der Waals surface area contributed by atoms with Gasteiger partial charge in [-0.3, -0.25) is 0 Å². The maximum absolute atomic E-state index is 2.70. The molecule has 1 aliphatic rings. The van der Waals surface area contributed by atoms with Crippen molar-refractivity contribution in [3.63, 3.8) is 0 Å². The minimum absolute atomic E-state index is 0.426. The van der Waals surface area contributed by atoms with Gasteiger partial charge in [-0.2, -0.15) is 0 Å². The molecule has 28 heavy (non-hydrogen) atoms. The van der Waals surface area contributed by atoms with E-state index in [0.29, 0.717) is 10.8 Å². The van der Waals surface area contributed by atoms with Crippen LogP contribution in [0.25, 0.3) is 0 Å². The summed E-state index contributed by atoms with van der Waals surface area (Å²) in [6.45, 7) is 22.7. The normalized spacial score (nSPS) is 20.7. The maximum Gasteiger partial charge on any atom is -0.0190 e. The fraction of sp³-hybridized carbons (Fsp3) is 1.00. The first-order valence-corrected chi connectivity index (χ1v) is 13.1. The third-order valence-corrected chi connectivity index (χ3v) is 8.84. The van der Waals surface area contributed by atoms with E-state index in [0.717, 1.165) is 29.6 Å². The Hall–Kier alpha value is 0. The molecular formula is C28H56. The molecule has 0 aromatic heterocycles. The standard InChI is InChI=1S/C28H56/c1-10-12-13-18-26(21-23(5)6)28(20-19-22(3)4,27(8,9)11-2)24(7)25-16-14-15-17-25/h22-26H,10-21H2,1-9H3. The SMILES string of the molecule is CCCCCC(CC(C)C)C(CCC(C)C)(C(C)C1CCCC1)C(C)(C)CC. The van der Waals surface area contributed by atoms with Crippen LogP contribution >= 0.6 is 0 Å². The minimum Gasteiger partial charge on any atom is -0.0654 e. The molecule has 0 amide bonds. The molecular weight excluding hydrogens is 336 g/mol. The summed E-state index contributed by atoms with van der Waals surface area (Å²) in [5, 5.41) is 0. The van der Waals surface area contributed by atoms with Crippen molar-refractivity contribution in [2.45, 2.75) is 139 Å². The predicted molar refractivity (Wildman–Crippen MR) is 129 cm³/mol. The molecule has 0 bridgehead atoms. The summed E-state index contributed by atoms with van der Waals surface area (Å²) in [6.07, 6.45) is 17.2. The second-order valence-corrected chi connectivity index (χ2v) is 11.9. The third kappa shape index (κ3) is 6.50. The number of hydrogen-bond donors (Lipinski definition) is 0. The Labute approximate surface area is 180 Å². The van der Waals surface area contributed by atoms with E-state index >= 15 is 0 Å². The second kappa shape index (κ2) is 12.0. The quantitative estimate of drug-likeness (QED) is 0.258. The molecule has 1 saturated carbocycles. The van der Waals surface area contributed by atoms with Crippen LogP contribution in [0, 0.1) is 40.4 Å². The van der Waals surface area contributed by atoms with Crippen LogP contribution in [-0.4, -0.2) is 0 Å². The lowest BCUT2D eigenvalue weighted by molar-refractivity contribution is -0.0933. The van der Waals surface area contributed by atoms with Crippen molar-refractivity contribution >= 4 is 0 Å². The van der Waals surface area contributed by atoms with Crippen LogP contribution in [0.4, 0.5) is 0 Å². The summed E-state index contributed by atoms with van der Waals surface area (Å²) < 4.78 is 0. The van der Waals surface area contributed by atoms with E-state index in [2.05, 4.69) is 62.3 Å². The highest BCUT2D eigenvalue weighted by Gasteiger charge is 2.53. The molecule has 168 valence electrons. The van der Waals surface area contributed by atoms with Gasteiger partial charge in [-0.1, -0.05) is 120 Å². The summed E-state index contributed by atoms with van der Waals surface area (Å²) >= 11 is 0. The lowest BCUT2D eigenvalue weighted by Crippen LogP contribution is -2.51. The van der Waals surface area contributed by atoms with Crippen molar-refractivity contribution < 1.29 is 0 Å². The summed E-state index contributed by atoms with van der Waals surface area (Å²) in [5.74, 6) is 4.36. The zero-order chi connectivity index (χ0) is 21.4. The van der Waals surface area contributed by atoms with E-state index < -0.39 is 0 Å². The van der Waals surface area contributed by atoms with Gasteiger partial charge in [0.15, 0.2) is 0 Å². The van der Waals surface area contributed by atoms with Crippen LogP contribution in [0.3, 0.4) is 0 Å². The highest BCUT2D eigenvalue weighted by atomic mass is 14.6. The Morgan fingerprint density at radius 3 is 1.89 bits per heavy atom. The summed E-state index contributed by atoms with van der Waals surface area (Å²) in [4.78, 5) is 0. The van der Waals surface area contributed by atoms with Gasteiger partial charge < -0.3 is 0 Å². The molecule has 0 heteroatoms. The molecule has 1 rings (SSSR count). The van der Waals surface area contributed by atoms with Crippen LogP contribution in [-0.2, 0) is 0 Å². The average molecular weight is 393 g/mol. The van der Waals surface area contributed by atoms with Crippen LogP contribution in [0.2, 0.25) is 0 Å². The average Bonchev–Trinajstić information content (AvgIpc) is 3.15. The van der Waals surface area contributed by atoms with Crippen LogP contribution in [0.5, 0.6) is 0 Å². The number of hydrogen-bond acceptors (Lipinski definition) is 0. The molecule has 0 aromatic carbocycles. The van der Waals surface area contributed by atoms with Crippen molar-refractivity contribution in [3.8, 4) is 0 Å². The Bertz CT molecular complexity index is 398. The smallest absolute Gasteiger partial charge is 0.0190 e. The lowest BCUT2D eigenvalue weighted by Gasteiger charge is -2.58. The topological polar surface area (TPSA) is 0 Å². The molecule has 0 nitrogen and oxygen atoms in total. The second-order valence-electron chi connectivity index (χ2n) is 11.9. The van der Waals surface area contributed by atoms with Crippen LogP contribution in [0.1, 0.15) is 139 Å². The molecule has 0 radical (unpaired) electrons. The van der Waals surface area contributed by atoms with Crippen molar-refractivity contribution in [2.24, 2.45) is 40.4 Å². The van der Waals surface area contributed by atoms with Crippen molar-refractivity contribution in [3.05, 3.63) is 0 Å². The van der Waals surface area contributed by atoms with E-state index in [4.69, 9.17) is 0 Å². The summed E-state index contributed by atoms with van der Waals surface area (Å²) in [6, 6.07) is 0. The van der Waals surface area contributed by atoms with Gasteiger partial charge in [0.25, 0.3) is 0 Å². The zero-order valence-electron chi connectivity index (χ0n) is 21.4. The van der Waals surface area contributed by atoms with Crippen molar-refractivity contribution in [2.75, 3.05) is 0 Å². The predicted octanol–water partition coefficient (Wildman–Crippen LogP) is 9.91. The molecule has 0 aromatic rings. The fourth-order valence-corrected chi connectivity index (χ4v) is 6.84. The van der Waals surface area contributed by atoms with E-state index in [1.54, 1.807) is 0 Å². The lowest BCUT2D eigenvalue weighted by atomic mass is 9.47. The van der Waals surface area contributed by atoms with Gasteiger partial charge in [-0.15, -0.1) is 0 Å². The van der Waals surface area contributed by atoms with Crippen LogP contribution in [0.15, 0.2) is 0 Å². The molecule has 0 saturated heterocycles. The van der Waals surface area contributed by atoms with Gasteiger partial charge in [0.05, 0.1) is 0 Å². The Morgan fingerprint density at radius 1 is 0.821 bits per heavy atom. The Balaban J connectivity index is 3.41. The van der Waals surface area contributed by atoms with E-state index in [1.807, 2.05) is 0 Å². The maximum atomic E-state index is 2.70. The van der Waals surface area contributed by atoms with Crippen molar-refractivity contribution in [1.29, 1.82) is 0 Å². The van der Waals surface area contributed by atoms with Gasteiger partial charge in [0.1, 0.15) is 0 Å². The highest BCUT2D eigenvalue weighted by Crippen LogP contribution is 2.61. The zero-order valence-corrected chi connectivity index (χ0v) is 21.4. The number of rotatable bonds is 14. The molecule has 0 heterocycles. The first kappa shape index (κ1) is 26.0. The van der Waals surface area contributed by atoms with E-state index in [1.165, 1.54) is 77.0 Å². The van der Waals surface area contributed by atoms with Crippen molar-refractivity contribution in [1.82, 2.24) is 0 Å². The van der Waals surface area contributed by atoms with Crippen LogP contribution < -0.4 is 0 Å². The molecule has 3 unspecified atom stereocenters. The molecule has 0 aliphatic heterocycles. The van der Waals surface area contributed by atoms with Gasteiger partial charge in [0, 0.05) is 0 Å². The monoisotopic (exact) mass is 392 g/mol. The first-order valence-electron chi connectivity index (χ1n) is 13.1. The fourth-order valence-electron chi connectivity index (χ4n) is 6.84. The van der Waals surface area contributed by atoms with Gasteiger partial charge in [0.2, 0.25) is 0 Å². The third-order valence-electron chi connectivity index (χ3n) is 8.84. The largest absolute Gasteiger partial charge is 0.0654 e. The molecule has 0 spiro atoms. The van der Waals surface area contributed by atoms with Gasteiger partial charge >= 0.3 is 0 Å². The summed E-state index contributed by atoms with van der Waals surface area (Å²) in [7, 11) is 0. The van der Waals surface area contributed by atoms with E-state index in [9.17, 15) is 0 Å². The van der Waals surface area contributed by atoms with Gasteiger partial charge in [-0.05, 0) is 59.7 Å². The molecule has 0 N–H and O–H groups in total. The minimum atomic E-state index is 0.426. The molecule has 3 atom stereocenters. The van der Waals surface area contributed by atoms with Gasteiger partial charge in [-0.25, -0.2) is 0 Å². The van der Waals surface area contributed by atoms with E-state index in [-0.39, 0.29) is 0 Å². The Morgan fingerprint density at radius 2 is 1.43 bits per heavy atom. The summed E-state index contributed by atoms with van der Waals surface area (Å²) in [5.41, 5.74) is 0.925. The molecule has 1 aliphatic carbocycles. The Kier molecular flexibility index (Phi) is 11.2. The molecule has 1 fully saturated rings. The highest BCUT2D eigenvalue weighted by molar-refractivity contribution is 5.02. The first-order chi connectivity index (χ1) is 13.1.